The first-order valence-electron chi connectivity index (χ1n) is 5.86. The van der Waals surface area contributed by atoms with Crippen LogP contribution in [0.15, 0.2) is 53.0 Å². The van der Waals surface area contributed by atoms with Crippen LogP contribution in [-0.4, -0.2) is 6.61 Å². The summed E-state index contributed by atoms with van der Waals surface area (Å²) in [5, 5.41) is 11.8. The van der Waals surface area contributed by atoms with Crippen molar-refractivity contribution >= 4 is 21.6 Å². The Hall–Kier alpha value is -1.99. The van der Waals surface area contributed by atoms with Crippen molar-refractivity contribution in [2.45, 2.75) is 6.54 Å². The molecule has 0 saturated heterocycles. The quantitative estimate of drug-likeness (QED) is 0.908. The average Bonchev–Trinajstić information content (AvgIpc) is 2.43. The lowest BCUT2D eigenvalue weighted by Crippen LogP contribution is -2.00. The van der Waals surface area contributed by atoms with E-state index in [1.54, 1.807) is 0 Å². The van der Waals surface area contributed by atoms with Crippen LogP contribution in [0.25, 0.3) is 0 Å². The SMILES string of the molecule is N#CCOc1cccc(NCc2cccc(Br)c2)c1. The Morgan fingerprint density at radius 2 is 2.00 bits per heavy atom. The molecule has 0 unspecified atom stereocenters. The van der Waals surface area contributed by atoms with Gasteiger partial charge in [-0.05, 0) is 29.8 Å². The van der Waals surface area contributed by atoms with Gasteiger partial charge in [-0.3, -0.25) is 0 Å². The Morgan fingerprint density at radius 1 is 1.16 bits per heavy atom. The summed E-state index contributed by atoms with van der Waals surface area (Å²) in [6.45, 7) is 0.802. The molecule has 0 atom stereocenters. The number of halogens is 1. The van der Waals surface area contributed by atoms with Crippen LogP contribution in [0, 0.1) is 11.3 Å². The Labute approximate surface area is 121 Å². The third-order valence-electron chi connectivity index (χ3n) is 2.52. The summed E-state index contributed by atoms with van der Waals surface area (Å²) < 4.78 is 6.33. The summed E-state index contributed by atoms with van der Waals surface area (Å²) in [6, 6.07) is 17.7. The number of anilines is 1. The van der Waals surface area contributed by atoms with Gasteiger partial charge >= 0.3 is 0 Å². The van der Waals surface area contributed by atoms with E-state index in [0.717, 1.165) is 16.7 Å². The number of benzene rings is 2. The Balaban J connectivity index is 1.98. The molecule has 96 valence electrons. The summed E-state index contributed by atoms with van der Waals surface area (Å²) in [6.07, 6.45) is 0. The molecule has 0 saturated carbocycles. The van der Waals surface area contributed by atoms with E-state index in [0.29, 0.717) is 5.75 Å². The minimum atomic E-state index is 0.0646. The van der Waals surface area contributed by atoms with Crippen LogP contribution in [-0.2, 0) is 6.54 Å². The van der Waals surface area contributed by atoms with Gasteiger partial charge in [-0.25, -0.2) is 0 Å². The van der Waals surface area contributed by atoms with E-state index in [2.05, 4.69) is 33.4 Å². The third kappa shape index (κ3) is 4.31. The number of ether oxygens (including phenoxy) is 1. The van der Waals surface area contributed by atoms with Crippen LogP contribution in [0.2, 0.25) is 0 Å². The molecular formula is C15H13BrN2O. The summed E-state index contributed by atoms with van der Waals surface area (Å²) >= 11 is 3.45. The van der Waals surface area contributed by atoms with Gasteiger partial charge in [-0.15, -0.1) is 0 Å². The maximum atomic E-state index is 8.48. The third-order valence-corrected chi connectivity index (χ3v) is 3.02. The lowest BCUT2D eigenvalue weighted by molar-refractivity contribution is 0.368. The van der Waals surface area contributed by atoms with Gasteiger partial charge in [0.05, 0.1) is 0 Å². The molecule has 2 aromatic carbocycles. The van der Waals surface area contributed by atoms with E-state index in [4.69, 9.17) is 10.00 Å². The fourth-order valence-electron chi connectivity index (χ4n) is 1.66. The lowest BCUT2D eigenvalue weighted by atomic mass is 10.2. The average molecular weight is 317 g/mol. The van der Waals surface area contributed by atoms with Crippen LogP contribution in [0.3, 0.4) is 0 Å². The lowest BCUT2D eigenvalue weighted by Gasteiger charge is -2.08. The zero-order chi connectivity index (χ0) is 13.5. The van der Waals surface area contributed by atoms with Gasteiger partial charge in [0.2, 0.25) is 0 Å². The van der Waals surface area contributed by atoms with E-state index in [9.17, 15) is 0 Å². The monoisotopic (exact) mass is 316 g/mol. The summed E-state index contributed by atoms with van der Waals surface area (Å²) in [4.78, 5) is 0. The fourth-order valence-corrected chi connectivity index (χ4v) is 2.11. The molecular weight excluding hydrogens is 304 g/mol. The molecule has 0 radical (unpaired) electrons. The molecule has 4 heteroatoms. The highest BCUT2D eigenvalue weighted by Gasteiger charge is 1.98. The Bertz CT molecular complexity index is 593. The van der Waals surface area contributed by atoms with E-state index in [-0.39, 0.29) is 6.61 Å². The number of nitrogens with one attached hydrogen (secondary N) is 1. The zero-order valence-corrected chi connectivity index (χ0v) is 11.9. The highest BCUT2D eigenvalue weighted by Crippen LogP contribution is 2.18. The topological polar surface area (TPSA) is 45.0 Å². The van der Waals surface area contributed by atoms with Crippen LogP contribution < -0.4 is 10.1 Å². The highest BCUT2D eigenvalue weighted by molar-refractivity contribution is 9.10. The second-order valence-electron chi connectivity index (χ2n) is 3.96. The van der Waals surface area contributed by atoms with Crippen molar-refractivity contribution in [2.24, 2.45) is 0 Å². The summed E-state index contributed by atoms with van der Waals surface area (Å²) in [5.74, 6) is 0.695. The van der Waals surface area contributed by atoms with Crippen LogP contribution in [0.5, 0.6) is 5.75 Å². The molecule has 2 aromatic rings. The van der Waals surface area contributed by atoms with Gasteiger partial charge in [0.1, 0.15) is 11.8 Å². The van der Waals surface area contributed by atoms with E-state index < -0.39 is 0 Å². The number of hydrogen-bond acceptors (Lipinski definition) is 3. The zero-order valence-electron chi connectivity index (χ0n) is 10.3. The summed E-state index contributed by atoms with van der Waals surface area (Å²) in [5.41, 5.74) is 2.16. The molecule has 3 nitrogen and oxygen atoms in total. The molecule has 0 aromatic heterocycles. The maximum absolute atomic E-state index is 8.48. The van der Waals surface area contributed by atoms with Crippen LogP contribution in [0.4, 0.5) is 5.69 Å². The second kappa shape index (κ2) is 6.81. The largest absolute Gasteiger partial charge is 0.479 e. The van der Waals surface area contributed by atoms with Gasteiger partial charge in [0, 0.05) is 22.8 Å². The van der Waals surface area contributed by atoms with E-state index in [1.807, 2.05) is 42.5 Å². The molecule has 0 amide bonds. The minimum Gasteiger partial charge on any atom is -0.479 e. The first-order valence-corrected chi connectivity index (χ1v) is 6.65. The smallest absolute Gasteiger partial charge is 0.174 e. The molecule has 0 aliphatic heterocycles. The molecule has 0 bridgehead atoms. The molecule has 19 heavy (non-hydrogen) atoms. The van der Waals surface area contributed by atoms with Gasteiger partial charge in [0.25, 0.3) is 0 Å². The molecule has 2 rings (SSSR count). The van der Waals surface area contributed by atoms with Crippen molar-refractivity contribution in [1.82, 2.24) is 0 Å². The van der Waals surface area contributed by atoms with Crippen molar-refractivity contribution in [3.05, 3.63) is 58.6 Å². The minimum absolute atomic E-state index is 0.0646. The Morgan fingerprint density at radius 3 is 2.79 bits per heavy atom. The van der Waals surface area contributed by atoms with Crippen LogP contribution >= 0.6 is 15.9 Å². The molecule has 1 N–H and O–H groups in total. The van der Waals surface area contributed by atoms with Gasteiger partial charge in [-0.1, -0.05) is 34.1 Å². The molecule has 0 spiro atoms. The van der Waals surface area contributed by atoms with Crippen molar-refractivity contribution < 1.29 is 4.74 Å². The number of hydrogen-bond donors (Lipinski definition) is 1. The van der Waals surface area contributed by atoms with Crippen molar-refractivity contribution in [1.29, 1.82) is 5.26 Å². The highest BCUT2D eigenvalue weighted by atomic mass is 79.9. The maximum Gasteiger partial charge on any atom is 0.174 e. The predicted molar refractivity (Wildman–Crippen MR) is 79.0 cm³/mol. The molecule has 0 aliphatic carbocycles. The number of nitrogens with zero attached hydrogens (tertiary/aromatic N) is 1. The molecule has 0 fully saturated rings. The number of nitriles is 1. The van der Waals surface area contributed by atoms with Crippen LogP contribution in [0.1, 0.15) is 5.56 Å². The van der Waals surface area contributed by atoms with Crippen molar-refractivity contribution in [2.75, 3.05) is 11.9 Å². The van der Waals surface area contributed by atoms with Gasteiger partial charge in [0.15, 0.2) is 6.61 Å². The normalized spacial score (nSPS) is 9.68. The van der Waals surface area contributed by atoms with Crippen molar-refractivity contribution in [3.63, 3.8) is 0 Å². The van der Waals surface area contributed by atoms with E-state index >= 15 is 0 Å². The van der Waals surface area contributed by atoms with E-state index in [1.165, 1.54) is 5.56 Å². The first-order chi connectivity index (χ1) is 9.28. The molecule has 0 aliphatic rings. The standard InChI is InChI=1S/C15H13BrN2O/c16-13-4-1-3-12(9-13)11-18-14-5-2-6-15(10-14)19-8-7-17/h1-6,9-10,18H,8,11H2. The van der Waals surface area contributed by atoms with Gasteiger partial charge < -0.3 is 10.1 Å². The van der Waals surface area contributed by atoms with Crippen molar-refractivity contribution in [3.8, 4) is 11.8 Å². The molecule has 0 heterocycles. The Kier molecular flexibility index (Phi) is 4.82. The second-order valence-corrected chi connectivity index (χ2v) is 4.87. The summed E-state index contributed by atoms with van der Waals surface area (Å²) in [7, 11) is 0. The first kappa shape index (κ1) is 13.4. The van der Waals surface area contributed by atoms with Gasteiger partial charge in [-0.2, -0.15) is 5.26 Å². The predicted octanol–water partition coefficient (Wildman–Crippen LogP) is 3.96. The number of rotatable bonds is 5. The fraction of sp³-hybridized carbons (Fsp3) is 0.133.